The minimum Gasteiger partial charge on any atom is -0.383 e. The number of aryl methyl sites for hydroxylation is 2. The largest absolute Gasteiger partial charge is 0.383 e. The Hall–Kier alpha value is -1.40. The number of ether oxygens (including phenoxy) is 1. The molecule has 30 heavy (non-hydrogen) atoms. The smallest absolute Gasteiger partial charge is 0.131 e. The number of benzene rings is 1. The minimum absolute atomic E-state index is 0.674. The lowest BCUT2D eigenvalue weighted by Crippen LogP contribution is -2.46. The van der Waals surface area contributed by atoms with Gasteiger partial charge in [-0.25, -0.2) is 0 Å². The summed E-state index contributed by atoms with van der Waals surface area (Å²) in [6.45, 7) is 8.08. The first-order chi connectivity index (χ1) is 14.5. The Morgan fingerprint density at radius 2 is 1.97 bits per heavy atom. The van der Waals surface area contributed by atoms with E-state index in [1.54, 1.807) is 22.9 Å². The first-order valence-electron chi connectivity index (χ1n) is 11.2. The second-order valence-electron chi connectivity index (χ2n) is 9.04. The van der Waals surface area contributed by atoms with Crippen LogP contribution in [0.1, 0.15) is 35.2 Å². The highest BCUT2D eigenvalue weighted by atomic mass is 35.5. The molecule has 5 nitrogen and oxygen atoms in total. The third-order valence-corrected chi connectivity index (χ3v) is 7.35. The summed E-state index contributed by atoms with van der Waals surface area (Å²) in [5, 5.41) is 5.25. The molecule has 2 aliphatic rings. The molecule has 2 aromatic rings. The van der Waals surface area contributed by atoms with E-state index in [2.05, 4.69) is 46.1 Å². The normalized spacial score (nSPS) is 20.2. The molecular formula is C24H35ClN4O. The number of fused-ring (bicyclic) bond motifs is 1. The highest BCUT2D eigenvalue weighted by molar-refractivity contribution is 6.30. The zero-order chi connectivity index (χ0) is 21.1. The van der Waals surface area contributed by atoms with Crippen LogP contribution in [-0.2, 0) is 31.2 Å². The van der Waals surface area contributed by atoms with Gasteiger partial charge in [-0.15, -0.1) is 0 Å². The maximum absolute atomic E-state index is 6.52. The lowest BCUT2D eigenvalue weighted by Gasteiger charge is -2.38. The Morgan fingerprint density at radius 1 is 1.23 bits per heavy atom. The van der Waals surface area contributed by atoms with Crippen molar-refractivity contribution < 1.29 is 4.74 Å². The average Bonchev–Trinajstić information content (AvgIpc) is 3.28. The van der Waals surface area contributed by atoms with Crippen LogP contribution in [0.3, 0.4) is 0 Å². The number of hydrogen-bond acceptors (Lipinski definition) is 4. The Bertz CT molecular complexity index is 827. The number of nitrogens with zero attached hydrogens (tertiary/aromatic N) is 4. The van der Waals surface area contributed by atoms with Gasteiger partial charge >= 0.3 is 0 Å². The molecule has 6 heteroatoms. The van der Waals surface area contributed by atoms with Crippen molar-refractivity contribution in [2.75, 3.05) is 39.9 Å². The molecule has 0 unspecified atom stereocenters. The van der Waals surface area contributed by atoms with Crippen LogP contribution in [0, 0.1) is 12.8 Å². The van der Waals surface area contributed by atoms with E-state index >= 15 is 0 Å². The molecule has 2 heterocycles. The van der Waals surface area contributed by atoms with Crippen LogP contribution in [0.5, 0.6) is 0 Å². The Balaban J connectivity index is 1.39. The molecule has 0 radical (unpaired) electrons. The molecule has 0 saturated carbocycles. The van der Waals surface area contributed by atoms with Gasteiger partial charge in [-0.3, -0.25) is 14.5 Å². The van der Waals surface area contributed by atoms with Crippen molar-refractivity contribution in [2.24, 2.45) is 13.0 Å². The summed E-state index contributed by atoms with van der Waals surface area (Å²) >= 11 is 6.52. The summed E-state index contributed by atoms with van der Waals surface area (Å²) in [6.07, 6.45) is 5.02. The van der Waals surface area contributed by atoms with Crippen LogP contribution in [0.2, 0.25) is 5.15 Å². The number of hydrogen-bond donors (Lipinski definition) is 0. The molecular weight excluding hydrogens is 396 g/mol. The first-order valence-corrected chi connectivity index (χ1v) is 11.6. The molecule has 1 aromatic heterocycles. The van der Waals surface area contributed by atoms with Crippen LogP contribution in [0.25, 0.3) is 0 Å². The summed E-state index contributed by atoms with van der Waals surface area (Å²) < 4.78 is 7.18. The fraction of sp³-hybridized carbons (Fsp3) is 0.625. The highest BCUT2D eigenvalue weighted by Crippen LogP contribution is 2.29. The molecule has 1 aliphatic carbocycles. The van der Waals surface area contributed by atoms with E-state index in [4.69, 9.17) is 16.3 Å². The van der Waals surface area contributed by atoms with Crippen LogP contribution in [0.4, 0.5) is 0 Å². The number of likely N-dealkylation sites (tertiary alicyclic amines) is 1. The number of halogens is 1. The van der Waals surface area contributed by atoms with Crippen LogP contribution in [0.15, 0.2) is 24.3 Å². The van der Waals surface area contributed by atoms with E-state index < -0.39 is 0 Å². The van der Waals surface area contributed by atoms with Crippen LogP contribution < -0.4 is 0 Å². The number of aromatic nitrogens is 2. The van der Waals surface area contributed by atoms with Gasteiger partial charge in [0.05, 0.1) is 12.3 Å². The quantitative estimate of drug-likeness (QED) is 0.639. The van der Waals surface area contributed by atoms with Gasteiger partial charge in [0.15, 0.2) is 0 Å². The Kier molecular flexibility index (Phi) is 7.14. The molecule has 0 N–H and O–H groups in total. The third-order valence-electron chi connectivity index (χ3n) is 6.88. The minimum atomic E-state index is 0.674. The fourth-order valence-electron chi connectivity index (χ4n) is 5.27. The standard InChI is InChI=1S/C24H35ClN4O/c1-18-23(24(25)27(2)26-18)17-28(11-12-30-3)15-19-7-6-10-29(16-19)22-13-20-8-4-5-9-21(20)14-22/h4-5,8-9,19,22H,6-7,10-17H2,1-3H3/t19-/m1/s1. The molecule has 4 rings (SSSR count). The number of rotatable bonds is 8. The lowest BCUT2D eigenvalue weighted by molar-refractivity contribution is 0.0843. The van der Waals surface area contributed by atoms with Crippen molar-refractivity contribution in [2.45, 2.75) is 45.2 Å². The van der Waals surface area contributed by atoms with Crippen molar-refractivity contribution in [3.8, 4) is 0 Å². The van der Waals surface area contributed by atoms with Crippen LogP contribution in [-0.4, -0.2) is 65.5 Å². The van der Waals surface area contributed by atoms with E-state index in [0.29, 0.717) is 12.0 Å². The highest BCUT2D eigenvalue weighted by Gasteiger charge is 2.31. The van der Waals surface area contributed by atoms with Crippen LogP contribution >= 0.6 is 11.6 Å². The fourth-order valence-corrected chi connectivity index (χ4v) is 5.50. The van der Waals surface area contributed by atoms with Gasteiger partial charge in [-0.2, -0.15) is 5.10 Å². The molecule has 1 saturated heterocycles. The van der Waals surface area contributed by atoms with Gasteiger partial charge in [0, 0.05) is 51.9 Å². The first kappa shape index (κ1) is 21.8. The van der Waals surface area contributed by atoms with Crippen molar-refractivity contribution in [3.63, 3.8) is 0 Å². The summed E-state index contributed by atoms with van der Waals surface area (Å²) in [4.78, 5) is 5.27. The SMILES string of the molecule is COCCN(Cc1c(C)nn(C)c1Cl)C[C@H]1CCCN(C2Cc3ccccc3C2)C1. The molecule has 1 aromatic carbocycles. The van der Waals surface area contributed by atoms with Gasteiger partial charge < -0.3 is 4.74 Å². The molecule has 0 amide bonds. The molecule has 1 fully saturated rings. The van der Waals surface area contributed by atoms with E-state index in [-0.39, 0.29) is 0 Å². The maximum atomic E-state index is 6.52. The van der Waals surface area contributed by atoms with E-state index in [0.717, 1.165) is 42.7 Å². The van der Waals surface area contributed by atoms with Gasteiger partial charge in [-0.1, -0.05) is 35.9 Å². The molecule has 164 valence electrons. The van der Waals surface area contributed by atoms with E-state index in [9.17, 15) is 0 Å². The van der Waals surface area contributed by atoms with Crippen molar-refractivity contribution >= 4 is 11.6 Å². The topological polar surface area (TPSA) is 33.5 Å². The Labute approximate surface area is 185 Å². The van der Waals surface area contributed by atoms with Crippen molar-refractivity contribution in [3.05, 3.63) is 51.8 Å². The number of piperidine rings is 1. The van der Waals surface area contributed by atoms with Gasteiger partial charge in [0.25, 0.3) is 0 Å². The molecule has 1 aliphatic heterocycles. The predicted molar refractivity (Wildman–Crippen MR) is 122 cm³/mol. The van der Waals surface area contributed by atoms with Gasteiger partial charge in [0.1, 0.15) is 5.15 Å². The Morgan fingerprint density at radius 3 is 2.60 bits per heavy atom. The zero-order valence-electron chi connectivity index (χ0n) is 18.6. The van der Waals surface area contributed by atoms with Crippen molar-refractivity contribution in [1.29, 1.82) is 0 Å². The average molecular weight is 431 g/mol. The number of methoxy groups -OCH3 is 1. The van der Waals surface area contributed by atoms with Crippen molar-refractivity contribution in [1.82, 2.24) is 19.6 Å². The summed E-state index contributed by atoms with van der Waals surface area (Å²) in [5.74, 6) is 0.690. The molecule has 0 spiro atoms. The molecule has 1 atom stereocenters. The lowest BCUT2D eigenvalue weighted by atomic mass is 9.95. The van der Waals surface area contributed by atoms with E-state index in [1.807, 2.05) is 7.05 Å². The summed E-state index contributed by atoms with van der Waals surface area (Å²) in [7, 11) is 3.69. The predicted octanol–water partition coefficient (Wildman–Crippen LogP) is 3.71. The van der Waals surface area contributed by atoms with Gasteiger partial charge in [-0.05, 0) is 56.2 Å². The van der Waals surface area contributed by atoms with E-state index in [1.165, 1.54) is 38.8 Å². The second-order valence-corrected chi connectivity index (χ2v) is 9.40. The summed E-state index contributed by atoms with van der Waals surface area (Å²) in [6, 6.07) is 9.65. The second kappa shape index (κ2) is 9.82. The zero-order valence-corrected chi connectivity index (χ0v) is 19.4. The maximum Gasteiger partial charge on any atom is 0.131 e. The third kappa shape index (κ3) is 4.91. The van der Waals surface area contributed by atoms with Gasteiger partial charge in [0.2, 0.25) is 0 Å². The molecule has 0 bridgehead atoms. The summed E-state index contributed by atoms with van der Waals surface area (Å²) in [5.41, 5.74) is 5.27. The monoisotopic (exact) mass is 430 g/mol.